The molecule has 0 bridgehead atoms. The molecule has 0 fully saturated rings. The van der Waals surface area contributed by atoms with E-state index in [2.05, 4.69) is 31.9 Å². The van der Waals surface area contributed by atoms with Gasteiger partial charge < -0.3 is 10.5 Å². The Kier molecular flexibility index (Phi) is 6.12. The number of ether oxygens (including phenoxy) is 1. The Morgan fingerprint density at radius 1 is 1.09 bits per heavy atom. The van der Waals surface area contributed by atoms with Crippen molar-refractivity contribution in [2.24, 2.45) is 5.73 Å². The minimum Gasteiger partial charge on any atom is -0.483 e. The first-order valence-corrected chi connectivity index (χ1v) is 8.23. The van der Waals surface area contributed by atoms with Gasteiger partial charge in [0, 0.05) is 8.95 Å². The average molecular weight is 439 g/mol. The van der Waals surface area contributed by atoms with Gasteiger partial charge in [-0.05, 0) is 42.0 Å². The summed E-state index contributed by atoms with van der Waals surface area (Å²) in [6.07, 6.45) is 3.17. The molecule has 0 atom stereocenters. The second kappa shape index (κ2) is 8.08. The van der Waals surface area contributed by atoms with Crippen LogP contribution in [0.3, 0.4) is 0 Å². The summed E-state index contributed by atoms with van der Waals surface area (Å²) in [5.41, 5.74) is 6.31. The average Bonchev–Trinajstić information content (AvgIpc) is 2.51. The van der Waals surface area contributed by atoms with Gasteiger partial charge in [-0.2, -0.15) is 0 Å². The zero-order valence-corrected chi connectivity index (χ0v) is 15.1. The molecular weight excluding hydrogens is 426 g/mol. The summed E-state index contributed by atoms with van der Waals surface area (Å²) >= 11 is 6.70. The number of rotatable bonds is 6. The molecule has 2 aromatic rings. The summed E-state index contributed by atoms with van der Waals surface area (Å²) in [6.45, 7) is -0.280. The van der Waals surface area contributed by atoms with E-state index in [1.54, 1.807) is 24.3 Å². The van der Waals surface area contributed by atoms with Gasteiger partial charge in [0.1, 0.15) is 5.75 Å². The molecule has 6 heteroatoms. The second-order valence-corrected chi connectivity index (χ2v) is 6.48. The predicted octanol–water partition coefficient (Wildman–Crippen LogP) is 3.97. The smallest absolute Gasteiger partial charge is 0.255 e. The van der Waals surface area contributed by atoms with Crippen molar-refractivity contribution >= 4 is 49.6 Å². The number of allylic oxidation sites excluding steroid dienone is 1. The van der Waals surface area contributed by atoms with Crippen LogP contribution in [-0.2, 0) is 4.79 Å². The van der Waals surface area contributed by atoms with Crippen LogP contribution in [0.25, 0.3) is 6.08 Å². The highest BCUT2D eigenvalue weighted by Crippen LogP contribution is 2.24. The van der Waals surface area contributed by atoms with Gasteiger partial charge in [0.25, 0.3) is 5.91 Å². The molecule has 0 aliphatic rings. The van der Waals surface area contributed by atoms with Crippen molar-refractivity contribution in [3.05, 3.63) is 68.6 Å². The summed E-state index contributed by atoms with van der Waals surface area (Å²) in [5.74, 6) is -0.516. The first-order valence-electron chi connectivity index (χ1n) is 6.64. The molecule has 0 aliphatic carbocycles. The standard InChI is InChI=1S/C17H13Br2NO3/c18-12-3-1-2-11(8-12)4-6-15(21)14-9-13(19)5-7-16(14)23-10-17(20)22/h1-9H,10H2,(H2,20,22). The van der Waals surface area contributed by atoms with E-state index in [-0.39, 0.29) is 12.4 Å². The van der Waals surface area contributed by atoms with E-state index >= 15 is 0 Å². The van der Waals surface area contributed by atoms with Crippen molar-refractivity contribution in [2.45, 2.75) is 0 Å². The Morgan fingerprint density at radius 2 is 1.83 bits per heavy atom. The van der Waals surface area contributed by atoms with Crippen molar-refractivity contribution in [1.82, 2.24) is 0 Å². The van der Waals surface area contributed by atoms with E-state index < -0.39 is 5.91 Å². The summed E-state index contributed by atoms with van der Waals surface area (Å²) in [4.78, 5) is 23.3. The highest BCUT2D eigenvalue weighted by molar-refractivity contribution is 9.10. The van der Waals surface area contributed by atoms with E-state index in [0.717, 1.165) is 14.5 Å². The fraction of sp³-hybridized carbons (Fsp3) is 0.0588. The summed E-state index contributed by atoms with van der Waals surface area (Å²) < 4.78 is 6.96. The molecule has 2 N–H and O–H groups in total. The number of primary amides is 1. The molecule has 4 nitrogen and oxygen atoms in total. The van der Waals surface area contributed by atoms with Crippen molar-refractivity contribution in [3.8, 4) is 5.75 Å². The lowest BCUT2D eigenvalue weighted by molar-refractivity contribution is -0.119. The highest BCUT2D eigenvalue weighted by Gasteiger charge is 2.12. The van der Waals surface area contributed by atoms with Crippen molar-refractivity contribution < 1.29 is 14.3 Å². The van der Waals surface area contributed by atoms with Crippen LogP contribution in [0, 0.1) is 0 Å². The molecule has 2 rings (SSSR count). The first kappa shape index (κ1) is 17.4. The van der Waals surface area contributed by atoms with Gasteiger partial charge in [0.2, 0.25) is 0 Å². The van der Waals surface area contributed by atoms with Crippen molar-refractivity contribution in [3.63, 3.8) is 0 Å². The molecule has 2 aromatic carbocycles. The van der Waals surface area contributed by atoms with Gasteiger partial charge in [-0.1, -0.05) is 50.1 Å². The van der Waals surface area contributed by atoms with Crippen LogP contribution < -0.4 is 10.5 Å². The number of benzene rings is 2. The second-order valence-electron chi connectivity index (χ2n) is 4.65. The fourth-order valence-corrected chi connectivity index (χ4v) is 2.62. The Balaban J connectivity index is 2.23. The first-order chi connectivity index (χ1) is 11.0. The van der Waals surface area contributed by atoms with Crippen LogP contribution in [-0.4, -0.2) is 18.3 Å². The van der Waals surface area contributed by atoms with Gasteiger partial charge >= 0.3 is 0 Å². The maximum absolute atomic E-state index is 12.4. The lowest BCUT2D eigenvalue weighted by Crippen LogP contribution is -2.20. The quantitative estimate of drug-likeness (QED) is 0.547. The van der Waals surface area contributed by atoms with Gasteiger partial charge in [-0.25, -0.2) is 0 Å². The molecule has 0 saturated carbocycles. The third-order valence-electron chi connectivity index (χ3n) is 2.85. The third kappa shape index (κ3) is 5.33. The zero-order valence-electron chi connectivity index (χ0n) is 12.0. The molecule has 0 heterocycles. The zero-order chi connectivity index (χ0) is 16.8. The van der Waals surface area contributed by atoms with Crippen LogP contribution >= 0.6 is 31.9 Å². The molecule has 118 valence electrons. The Morgan fingerprint density at radius 3 is 2.52 bits per heavy atom. The van der Waals surface area contributed by atoms with E-state index in [9.17, 15) is 9.59 Å². The Hall–Kier alpha value is -1.92. The molecule has 0 spiro atoms. The van der Waals surface area contributed by atoms with Gasteiger partial charge in [-0.3, -0.25) is 9.59 Å². The molecule has 0 radical (unpaired) electrons. The van der Waals surface area contributed by atoms with Crippen LogP contribution in [0.15, 0.2) is 57.5 Å². The number of amides is 1. The van der Waals surface area contributed by atoms with Gasteiger partial charge in [-0.15, -0.1) is 0 Å². The third-order valence-corrected chi connectivity index (χ3v) is 3.84. The Bertz CT molecular complexity index is 772. The van der Waals surface area contributed by atoms with Crippen molar-refractivity contribution in [1.29, 1.82) is 0 Å². The van der Waals surface area contributed by atoms with E-state index in [1.807, 2.05) is 24.3 Å². The topological polar surface area (TPSA) is 69.4 Å². The molecule has 0 unspecified atom stereocenters. The minimum absolute atomic E-state index is 0.231. The van der Waals surface area contributed by atoms with E-state index in [0.29, 0.717) is 11.3 Å². The SMILES string of the molecule is NC(=O)COc1ccc(Br)cc1C(=O)C=Cc1cccc(Br)c1. The van der Waals surface area contributed by atoms with E-state index in [1.165, 1.54) is 6.08 Å². The van der Waals surface area contributed by atoms with Gasteiger partial charge in [0.05, 0.1) is 5.56 Å². The minimum atomic E-state index is -0.601. The lowest BCUT2D eigenvalue weighted by atomic mass is 10.1. The number of hydrogen-bond donors (Lipinski definition) is 1. The van der Waals surface area contributed by atoms with Crippen LogP contribution in [0.5, 0.6) is 5.75 Å². The molecule has 23 heavy (non-hydrogen) atoms. The Labute approximate surface area is 150 Å². The number of carbonyl (C=O) groups excluding carboxylic acids is 2. The van der Waals surface area contributed by atoms with Crippen LogP contribution in [0.4, 0.5) is 0 Å². The fourth-order valence-electron chi connectivity index (χ4n) is 1.84. The monoisotopic (exact) mass is 437 g/mol. The van der Waals surface area contributed by atoms with Crippen molar-refractivity contribution in [2.75, 3.05) is 6.61 Å². The molecule has 0 aliphatic heterocycles. The summed E-state index contributed by atoms with van der Waals surface area (Å²) in [6, 6.07) is 12.6. The maximum Gasteiger partial charge on any atom is 0.255 e. The predicted molar refractivity (Wildman–Crippen MR) is 96.3 cm³/mol. The molecule has 1 amide bonds. The number of ketones is 1. The lowest BCUT2D eigenvalue weighted by Gasteiger charge is -2.08. The largest absolute Gasteiger partial charge is 0.483 e. The van der Waals surface area contributed by atoms with E-state index in [4.69, 9.17) is 10.5 Å². The number of carbonyl (C=O) groups is 2. The van der Waals surface area contributed by atoms with Crippen LogP contribution in [0.2, 0.25) is 0 Å². The highest BCUT2D eigenvalue weighted by atomic mass is 79.9. The molecule has 0 saturated heterocycles. The van der Waals surface area contributed by atoms with Crippen LogP contribution in [0.1, 0.15) is 15.9 Å². The molecule has 0 aromatic heterocycles. The summed E-state index contributed by atoms with van der Waals surface area (Å²) in [7, 11) is 0. The van der Waals surface area contributed by atoms with Gasteiger partial charge in [0.15, 0.2) is 12.4 Å². The number of hydrogen-bond acceptors (Lipinski definition) is 3. The summed E-state index contributed by atoms with van der Waals surface area (Å²) in [5, 5.41) is 0. The molecular formula is C17H13Br2NO3. The number of nitrogens with two attached hydrogens (primary N) is 1. The normalized spacial score (nSPS) is 10.7. The maximum atomic E-state index is 12.4. The number of halogens is 2.